The highest BCUT2D eigenvalue weighted by Crippen LogP contribution is 2.15. The van der Waals surface area contributed by atoms with Crippen LogP contribution in [0.25, 0.3) is 0 Å². The van der Waals surface area contributed by atoms with E-state index < -0.39 is 0 Å². The zero-order valence-corrected chi connectivity index (χ0v) is 8.56. The highest BCUT2D eigenvalue weighted by Gasteiger charge is 2.01. The van der Waals surface area contributed by atoms with Crippen molar-refractivity contribution in [2.24, 2.45) is 0 Å². The van der Waals surface area contributed by atoms with Crippen LogP contribution in [-0.2, 0) is 11.8 Å². The molecule has 0 bridgehead atoms. The van der Waals surface area contributed by atoms with Crippen LogP contribution in [0.15, 0.2) is 12.1 Å². The van der Waals surface area contributed by atoms with Gasteiger partial charge in [0, 0.05) is 10.9 Å². The Morgan fingerprint density at radius 1 is 1.58 bits per heavy atom. The van der Waals surface area contributed by atoms with E-state index in [0.717, 1.165) is 11.3 Å². The zero-order valence-electron chi connectivity index (χ0n) is 6.22. The summed E-state index contributed by atoms with van der Waals surface area (Å²) in [6.45, 7) is 0. The summed E-state index contributed by atoms with van der Waals surface area (Å²) in [4.78, 5) is 4.08. The molecule has 1 aromatic rings. The van der Waals surface area contributed by atoms with Gasteiger partial charge in [-0.2, -0.15) is 5.26 Å². The van der Waals surface area contributed by atoms with Crippen LogP contribution >= 0.6 is 27.5 Å². The minimum absolute atomic E-state index is 0.314. The van der Waals surface area contributed by atoms with E-state index in [1.165, 1.54) is 0 Å². The van der Waals surface area contributed by atoms with Gasteiger partial charge in [0.2, 0.25) is 0 Å². The van der Waals surface area contributed by atoms with Crippen LogP contribution in [-0.4, -0.2) is 4.98 Å². The van der Waals surface area contributed by atoms with Crippen LogP contribution in [0.1, 0.15) is 11.3 Å². The number of halogens is 2. The molecule has 0 aliphatic heterocycles. The molecule has 62 valence electrons. The second kappa shape index (κ2) is 4.44. The van der Waals surface area contributed by atoms with Gasteiger partial charge in [0.05, 0.1) is 18.2 Å². The van der Waals surface area contributed by atoms with Crippen LogP contribution in [0.5, 0.6) is 0 Å². The monoisotopic (exact) mass is 244 g/mol. The lowest BCUT2D eigenvalue weighted by Gasteiger charge is -1.99. The van der Waals surface area contributed by atoms with Crippen molar-refractivity contribution in [3.05, 3.63) is 28.5 Å². The molecule has 0 radical (unpaired) electrons. The van der Waals surface area contributed by atoms with E-state index in [9.17, 15) is 0 Å². The Morgan fingerprint density at radius 3 is 2.83 bits per heavy atom. The van der Waals surface area contributed by atoms with Crippen molar-refractivity contribution in [2.45, 2.75) is 11.8 Å². The maximum absolute atomic E-state index is 8.42. The van der Waals surface area contributed by atoms with Crippen molar-refractivity contribution in [2.75, 3.05) is 0 Å². The second-order valence-corrected chi connectivity index (χ2v) is 3.14. The maximum Gasteiger partial charge on any atom is 0.133 e. The number of nitrogens with zero attached hydrogens (tertiary/aromatic N) is 2. The molecular weight excluding hydrogens is 239 g/mol. The molecule has 0 N–H and O–H groups in total. The lowest BCUT2D eigenvalue weighted by Crippen LogP contribution is -1.90. The number of aromatic nitrogens is 1. The van der Waals surface area contributed by atoms with Crippen molar-refractivity contribution >= 4 is 27.5 Å². The molecule has 0 fully saturated rings. The van der Waals surface area contributed by atoms with Gasteiger partial charge in [-0.15, -0.1) is 0 Å². The molecule has 0 saturated carbocycles. The summed E-state index contributed by atoms with van der Waals surface area (Å²) in [6, 6.07) is 5.71. The average molecular weight is 246 g/mol. The lowest BCUT2D eigenvalue weighted by atomic mass is 10.2. The summed E-state index contributed by atoms with van der Waals surface area (Å²) < 4.78 is 0. The van der Waals surface area contributed by atoms with Gasteiger partial charge in [-0.1, -0.05) is 33.6 Å². The molecule has 0 aliphatic rings. The molecule has 0 saturated heterocycles. The first kappa shape index (κ1) is 9.50. The summed E-state index contributed by atoms with van der Waals surface area (Å²) >= 11 is 9.07. The molecule has 12 heavy (non-hydrogen) atoms. The third-order valence-corrected chi connectivity index (χ3v) is 2.29. The van der Waals surface area contributed by atoms with E-state index in [1.54, 1.807) is 0 Å². The van der Waals surface area contributed by atoms with Crippen molar-refractivity contribution in [1.82, 2.24) is 4.98 Å². The van der Waals surface area contributed by atoms with Crippen LogP contribution in [0.4, 0.5) is 0 Å². The number of rotatable bonds is 2. The molecule has 1 aromatic heterocycles. The van der Waals surface area contributed by atoms with Gasteiger partial charge in [-0.25, -0.2) is 4.98 Å². The Hall–Kier alpha value is -0.590. The van der Waals surface area contributed by atoms with Gasteiger partial charge in [0.1, 0.15) is 5.15 Å². The number of nitriles is 1. The predicted octanol–water partition coefficient (Wildman–Crippen LogP) is 2.70. The van der Waals surface area contributed by atoms with Crippen LogP contribution in [0.2, 0.25) is 5.15 Å². The average Bonchev–Trinajstić information content (AvgIpc) is 2.09. The number of hydrogen-bond acceptors (Lipinski definition) is 2. The van der Waals surface area contributed by atoms with Gasteiger partial charge in [0.25, 0.3) is 0 Å². The van der Waals surface area contributed by atoms with E-state index in [4.69, 9.17) is 16.9 Å². The number of alkyl halides is 1. The molecule has 0 atom stereocenters. The molecule has 0 spiro atoms. The molecule has 1 heterocycles. The minimum Gasteiger partial charge on any atom is -0.240 e. The highest BCUT2D eigenvalue weighted by molar-refractivity contribution is 9.08. The standard InChI is InChI=1S/C8H6BrClN2/c9-5-7-2-1-6(3-4-11)8(10)12-7/h1-2H,3,5H2. The Kier molecular flexibility index (Phi) is 3.51. The number of pyridine rings is 1. The fraction of sp³-hybridized carbons (Fsp3) is 0.250. The van der Waals surface area contributed by atoms with Crippen LogP contribution in [0, 0.1) is 11.3 Å². The van der Waals surface area contributed by atoms with E-state index in [-0.39, 0.29) is 0 Å². The van der Waals surface area contributed by atoms with Crippen molar-refractivity contribution in [1.29, 1.82) is 5.26 Å². The molecule has 0 amide bonds. The molecule has 2 nitrogen and oxygen atoms in total. The molecule has 1 rings (SSSR count). The van der Waals surface area contributed by atoms with Crippen LogP contribution < -0.4 is 0 Å². The summed E-state index contributed by atoms with van der Waals surface area (Å²) in [6.07, 6.45) is 0.314. The van der Waals surface area contributed by atoms with Crippen molar-refractivity contribution < 1.29 is 0 Å². The summed E-state index contributed by atoms with van der Waals surface area (Å²) in [5, 5.41) is 9.53. The SMILES string of the molecule is N#CCc1ccc(CBr)nc1Cl. The molecule has 0 aromatic carbocycles. The van der Waals surface area contributed by atoms with Gasteiger partial charge < -0.3 is 0 Å². The largest absolute Gasteiger partial charge is 0.240 e. The summed E-state index contributed by atoms with van der Waals surface area (Å²) in [7, 11) is 0. The first-order valence-electron chi connectivity index (χ1n) is 3.35. The third kappa shape index (κ3) is 2.20. The van der Waals surface area contributed by atoms with Crippen LogP contribution in [0.3, 0.4) is 0 Å². The first-order valence-corrected chi connectivity index (χ1v) is 4.85. The van der Waals surface area contributed by atoms with E-state index in [2.05, 4.69) is 20.9 Å². The summed E-state index contributed by atoms with van der Waals surface area (Å²) in [5.74, 6) is 0. The zero-order chi connectivity index (χ0) is 8.97. The molecular formula is C8H6BrClN2. The highest BCUT2D eigenvalue weighted by atomic mass is 79.9. The normalized spacial score (nSPS) is 9.42. The Balaban J connectivity index is 2.97. The fourth-order valence-electron chi connectivity index (χ4n) is 0.792. The topological polar surface area (TPSA) is 36.7 Å². The lowest BCUT2D eigenvalue weighted by molar-refractivity contribution is 1.13. The fourth-order valence-corrected chi connectivity index (χ4v) is 1.34. The van der Waals surface area contributed by atoms with Gasteiger partial charge >= 0.3 is 0 Å². The second-order valence-electron chi connectivity index (χ2n) is 2.22. The van der Waals surface area contributed by atoms with Gasteiger partial charge in [0.15, 0.2) is 0 Å². The molecule has 0 aliphatic carbocycles. The van der Waals surface area contributed by atoms with Gasteiger partial charge in [-0.3, -0.25) is 0 Å². The van der Waals surface area contributed by atoms with Crippen molar-refractivity contribution in [3.8, 4) is 6.07 Å². The molecule has 4 heteroatoms. The van der Waals surface area contributed by atoms with E-state index in [1.807, 2.05) is 18.2 Å². The van der Waals surface area contributed by atoms with E-state index >= 15 is 0 Å². The Morgan fingerprint density at radius 2 is 2.33 bits per heavy atom. The minimum atomic E-state index is 0.314. The quantitative estimate of drug-likeness (QED) is 0.593. The summed E-state index contributed by atoms with van der Waals surface area (Å²) in [5.41, 5.74) is 1.66. The maximum atomic E-state index is 8.42. The van der Waals surface area contributed by atoms with Crippen molar-refractivity contribution in [3.63, 3.8) is 0 Å². The first-order chi connectivity index (χ1) is 5.77. The van der Waals surface area contributed by atoms with E-state index in [0.29, 0.717) is 16.9 Å². The Bertz CT molecular complexity index is 319. The predicted molar refractivity (Wildman–Crippen MR) is 51.2 cm³/mol. The third-order valence-electron chi connectivity index (χ3n) is 1.39. The smallest absolute Gasteiger partial charge is 0.133 e. The number of hydrogen-bond donors (Lipinski definition) is 0. The van der Waals surface area contributed by atoms with Gasteiger partial charge in [-0.05, 0) is 6.07 Å². The Labute approximate surface area is 84.3 Å². The molecule has 0 unspecified atom stereocenters.